The van der Waals surface area contributed by atoms with Gasteiger partial charge in [0.15, 0.2) is 23.0 Å². The third kappa shape index (κ3) is 3.56. The van der Waals surface area contributed by atoms with Crippen molar-refractivity contribution in [1.29, 1.82) is 0 Å². The second-order valence-corrected chi connectivity index (χ2v) is 6.93. The molecule has 0 unspecified atom stereocenters. The molecule has 0 spiro atoms. The molecule has 1 aliphatic rings. The summed E-state index contributed by atoms with van der Waals surface area (Å²) in [6, 6.07) is 5.52. The van der Waals surface area contributed by atoms with Gasteiger partial charge in [-0.25, -0.2) is 0 Å². The van der Waals surface area contributed by atoms with Crippen LogP contribution in [0.4, 0.5) is 0 Å². The molecule has 1 N–H and O–H groups in total. The van der Waals surface area contributed by atoms with Gasteiger partial charge in [0.2, 0.25) is 5.75 Å². The van der Waals surface area contributed by atoms with Gasteiger partial charge in [-0.1, -0.05) is 0 Å². The second-order valence-electron chi connectivity index (χ2n) is 6.93. The molecule has 31 heavy (non-hydrogen) atoms. The van der Waals surface area contributed by atoms with Crippen LogP contribution >= 0.6 is 0 Å². The normalized spacial score (nSPS) is 17.6. The highest BCUT2D eigenvalue weighted by Crippen LogP contribution is 2.48. The molecule has 0 aliphatic carbocycles. The molecule has 3 rings (SSSR count). The zero-order valence-electron chi connectivity index (χ0n) is 18.2. The Bertz CT molecular complexity index is 994. The molecule has 0 aromatic heterocycles. The molecular formula is C22H25NO8. The van der Waals surface area contributed by atoms with Gasteiger partial charge >= 0.3 is 5.97 Å². The molecule has 0 bridgehead atoms. The minimum Gasteiger partial charge on any atom is -0.493 e. The molecule has 9 heteroatoms. The molecule has 0 saturated heterocycles. The Morgan fingerprint density at radius 1 is 0.839 bits per heavy atom. The van der Waals surface area contributed by atoms with E-state index in [0.717, 1.165) is 0 Å². The quantitative estimate of drug-likeness (QED) is 0.714. The minimum atomic E-state index is -1.09. The van der Waals surface area contributed by atoms with Crippen LogP contribution in [0.2, 0.25) is 0 Å². The summed E-state index contributed by atoms with van der Waals surface area (Å²) in [6.07, 6.45) is 0. The SMILES string of the molecule is COc1cc2c(cc1OC)[C@H](C(=O)O)[C@@H](c1cc(OC)c(OC)c(OC)c1)N(C)C2=O. The van der Waals surface area contributed by atoms with E-state index in [0.29, 0.717) is 39.9 Å². The van der Waals surface area contributed by atoms with Gasteiger partial charge in [-0.05, 0) is 35.4 Å². The smallest absolute Gasteiger partial charge is 0.313 e. The summed E-state index contributed by atoms with van der Waals surface area (Å²) in [7, 11) is 8.88. The lowest BCUT2D eigenvalue weighted by atomic mass is 9.79. The molecule has 9 nitrogen and oxygen atoms in total. The van der Waals surface area contributed by atoms with Crippen LogP contribution in [0.25, 0.3) is 0 Å². The van der Waals surface area contributed by atoms with Crippen molar-refractivity contribution >= 4 is 11.9 Å². The number of methoxy groups -OCH3 is 5. The monoisotopic (exact) mass is 431 g/mol. The standard InChI is InChI=1S/C22H25NO8/c1-23-19(11-7-16(29-4)20(31-6)17(8-11)30-5)18(22(25)26)12-9-14(27-2)15(28-3)10-13(12)21(23)24/h7-10,18-19H,1-6H3,(H,25,26)/t18-,19+/m0/s1. The van der Waals surface area contributed by atoms with Crippen LogP contribution in [-0.4, -0.2) is 64.5 Å². The summed E-state index contributed by atoms with van der Waals surface area (Å²) >= 11 is 0. The molecule has 0 radical (unpaired) electrons. The van der Waals surface area contributed by atoms with E-state index < -0.39 is 17.9 Å². The molecule has 1 amide bonds. The topological polar surface area (TPSA) is 104 Å². The van der Waals surface area contributed by atoms with Crippen LogP contribution in [0.1, 0.15) is 33.4 Å². The lowest BCUT2D eigenvalue weighted by molar-refractivity contribution is -0.140. The van der Waals surface area contributed by atoms with Gasteiger partial charge in [0.05, 0.1) is 41.6 Å². The van der Waals surface area contributed by atoms with E-state index in [4.69, 9.17) is 23.7 Å². The van der Waals surface area contributed by atoms with Crippen molar-refractivity contribution < 1.29 is 38.4 Å². The summed E-state index contributed by atoms with van der Waals surface area (Å²) in [5.41, 5.74) is 1.11. The number of amides is 1. The van der Waals surface area contributed by atoms with Crippen molar-refractivity contribution in [3.05, 3.63) is 41.0 Å². The number of ether oxygens (including phenoxy) is 5. The summed E-state index contributed by atoms with van der Waals surface area (Å²) in [6.45, 7) is 0. The highest BCUT2D eigenvalue weighted by molar-refractivity contribution is 6.01. The fourth-order valence-corrected chi connectivity index (χ4v) is 4.00. The number of carbonyl (C=O) groups is 2. The number of carbonyl (C=O) groups excluding carboxylic acids is 1. The number of hydrogen-bond donors (Lipinski definition) is 1. The first-order chi connectivity index (χ1) is 14.8. The molecule has 166 valence electrons. The number of benzene rings is 2. The lowest BCUT2D eigenvalue weighted by Gasteiger charge is -2.39. The Morgan fingerprint density at radius 3 is 1.81 bits per heavy atom. The maximum absolute atomic E-state index is 13.2. The maximum Gasteiger partial charge on any atom is 0.313 e. The van der Waals surface area contributed by atoms with Gasteiger partial charge in [0, 0.05) is 12.6 Å². The summed E-state index contributed by atoms with van der Waals surface area (Å²) in [5.74, 6) is -0.719. The first-order valence-electron chi connectivity index (χ1n) is 9.38. The number of hydrogen-bond acceptors (Lipinski definition) is 7. The predicted molar refractivity (Wildman–Crippen MR) is 111 cm³/mol. The van der Waals surface area contributed by atoms with E-state index in [1.54, 1.807) is 25.2 Å². The van der Waals surface area contributed by atoms with Gasteiger partial charge in [0.1, 0.15) is 5.92 Å². The van der Waals surface area contributed by atoms with Gasteiger partial charge in [-0.15, -0.1) is 0 Å². The van der Waals surface area contributed by atoms with Crippen LogP contribution in [-0.2, 0) is 4.79 Å². The minimum absolute atomic E-state index is 0.247. The highest BCUT2D eigenvalue weighted by atomic mass is 16.5. The number of rotatable bonds is 7. The molecular weight excluding hydrogens is 406 g/mol. The van der Waals surface area contributed by atoms with Crippen LogP contribution < -0.4 is 23.7 Å². The maximum atomic E-state index is 13.2. The van der Waals surface area contributed by atoms with Gasteiger partial charge < -0.3 is 33.7 Å². The Hall–Kier alpha value is -3.62. The number of carboxylic acids is 1. The summed E-state index contributed by atoms with van der Waals surface area (Å²) in [5, 5.41) is 10.2. The first-order valence-corrected chi connectivity index (χ1v) is 9.38. The first kappa shape index (κ1) is 22.1. The van der Waals surface area contributed by atoms with Crippen LogP contribution in [0, 0.1) is 0 Å². The van der Waals surface area contributed by atoms with Crippen molar-refractivity contribution in [2.75, 3.05) is 42.6 Å². The lowest BCUT2D eigenvalue weighted by Crippen LogP contribution is -2.42. The van der Waals surface area contributed by atoms with E-state index in [-0.39, 0.29) is 11.5 Å². The Labute approximate surface area is 180 Å². The summed E-state index contributed by atoms with van der Waals surface area (Å²) < 4.78 is 26.8. The molecule has 1 aliphatic heterocycles. The fourth-order valence-electron chi connectivity index (χ4n) is 4.00. The number of fused-ring (bicyclic) bond motifs is 1. The van der Waals surface area contributed by atoms with Crippen LogP contribution in [0.3, 0.4) is 0 Å². The summed E-state index contributed by atoms with van der Waals surface area (Å²) in [4.78, 5) is 27.1. The fraction of sp³-hybridized carbons (Fsp3) is 0.364. The van der Waals surface area contributed by atoms with E-state index >= 15 is 0 Å². The molecule has 2 aromatic carbocycles. The average Bonchev–Trinajstić information content (AvgIpc) is 2.78. The molecule has 1 heterocycles. The number of aliphatic carboxylic acids is 1. The van der Waals surface area contributed by atoms with Crippen molar-refractivity contribution in [1.82, 2.24) is 4.90 Å². The number of carboxylic acid groups (broad SMARTS) is 1. The van der Waals surface area contributed by atoms with Crippen molar-refractivity contribution in [3.8, 4) is 28.7 Å². The van der Waals surface area contributed by atoms with Crippen LogP contribution in [0.15, 0.2) is 24.3 Å². The van der Waals surface area contributed by atoms with E-state index in [2.05, 4.69) is 0 Å². The zero-order valence-corrected chi connectivity index (χ0v) is 18.2. The number of nitrogens with zero attached hydrogens (tertiary/aromatic N) is 1. The van der Waals surface area contributed by atoms with Crippen molar-refractivity contribution in [2.24, 2.45) is 0 Å². The third-order valence-electron chi connectivity index (χ3n) is 5.47. The average molecular weight is 431 g/mol. The number of likely N-dealkylation sites (N-methyl/N-ethyl adjacent to an activating group) is 1. The molecule has 0 fully saturated rings. The van der Waals surface area contributed by atoms with Crippen LogP contribution in [0.5, 0.6) is 28.7 Å². The van der Waals surface area contributed by atoms with Gasteiger partial charge in [-0.2, -0.15) is 0 Å². The van der Waals surface area contributed by atoms with Crippen molar-refractivity contribution in [3.63, 3.8) is 0 Å². The predicted octanol–water partition coefficient (Wildman–Crippen LogP) is 2.72. The molecule has 2 aromatic rings. The van der Waals surface area contributed by atoms with E-state index in [9.17, 15) is 14.7 Å². The van der Waals surface area contributed by atoms with Crippen molar-refractivity contribution in [2.45, 2.75) is 12.0 Å². The Balaban J connectivity index is 2.27. The van der Waals surface area contributed by atoms with E-state index in [1.807, 2.05) is 0 Å². The zero-order chi connectivity index (χ0) is 22.9. The second kappa shape index (κ2) is 8.63. The molecule has 2 atom stereocenters. The third-order valence-corrected chi connectivity index (χ3v) is 5.47. The van der Waals surface area contributed by atoms with E-state index in [1.165, 1.54) is 46.5 Å². The largest absolute Gasteiger partial charge is 0.493 e. The molecule has 0 saturated carbocycles. The van der Waals surface area contributed by atoms with Gasteiger partial charge in [-0.3, -0.25) is 9.59 Å². The Kier molecular flexibility index (Phi) is 6.14. The highest BCUT2D eigenvalue weighted by Gasteiger charge is 2.44. The Morgan fingerprint density at radius 2 is 1.35 bits per heavy atom. The van der Waals surface area contributed by atoms with Gasteiger partial charge in [0.25, 0.3) is 5.91 Å².